The van der Waals surface area contributed by atoms with Crippen molar-refractivity contribution in [1.82, 2.24) is 4.90 Å². The molecule has 0 aromatic heterocycles. The van der Waals surface area contributed by atoms with Gasteiger partial charge in [-0.05, 0) is 60.6 Å². The molecule has 5 heteroatoms. The second-order valence-corrected chi connectivity index (χ2v) is 9.63. The van der Waals surface area contributed by atoms with Gasteiger partial charge in [-0.15, -0.1) is 0 Å². The molecule has 1 heterocycles. The molecule has 5 nitrogen and oxygen atoms in total. The second-order valence-electron chi connectivity index (χ2n) is 9.63. The van der Waals surface area contributed by atoms with Crippen LogP contribution in [0.5, 0.6) is 5.75 Å². The molecule has 1 aliphatic heterocycles. The van der Waals surface area contributed by atoms with Crippen molar-refractivity contribution in [2.24, 2.45) is 0 Å². The number of hydrogen-bond acceptors (Lipinski definition) is 4. The van der Waals surface area contributed by atoms with Gasteiger partial charge in [0, 0.05) is 12.1 Å². The third kappa shape index (κ3) is 4.97. The zero-order chi connectivity index (χ0) is 24.3. The normalized spacial score (nSPS) is 18.1. The maximum atomic E-state index is 13.2. The van der Waals surface area contributed by atoms with Crippen LogP contribution in [0.1, 0.15) is 75.8 Å². The van der Waals surface area contributed by atoms with E-state index in [9.17, 15) is 14.7 Å². The molecule has 1 fully saturated rings. The van der Waals surface area contributed by atoms with Crippen LogP contribution in [0.3, 0.4) is 0 Å². The van der Waals surface area contributed by atoms with E-state index in [1.54, 1.807) is 4.90 Å². The number of rotatable bonds is 7. The number of carbonyl (C=O) groups is 2. The van der Waals surface area contributed by atoms with Crippen molar-refractivity contribution < 1.29 is 19.4 Å². The quantitative estimate of drug-likeness (QED) is 0.324. The van der Waals surface area contributed by atoms with E-state index in [0.717, 1.165) is 35.3 Å². The Morgan fingerprint density at radius 1 is 1.06 bits per heavy atom. The molecular formula is C28H35NO4. The SMILES string of the molecule is CCCCN1C(=O)C(=O)/C(=C(/O)c2cc(C(C)(C)C)ccc2C)C1c1ccc(OCC)cc1. The van der Waals surface area contributed by atoms with Crippen LogP contribution in [-0.4, -0.2) is 34.8 Å². The van der Waals surface area contributed by atoms with Crippen LogP contribution in [0.25, 0.3) is 5.76 Å². The monoisotopic (exact) mass is 449 g/mol. The summed E-state index contributed by atoms with van der Waals surface area (Å²) in [6, 6.07) is 12.7. The average Bonchev–Trinajstić information content (AvgIpc) is 3.02. The topological polar surface area (TPSA) is 66.8 Å². The Morgan fingerprint density at radius 2 is 1.73 bits per heavy atom. The summed E-state index contributed by atoms with van der Waals surface area (Å²) in [7, 11) is 0. The molecule has 0 spiro atoms. The van der Waals surface area contributed by atoms with Gasteiger partial charge in [0.2, 0.25) is 0 Å². The standard InChI is InChI=1S/C28H35NO4/c1-7-9-16-29-24(19-11-14-21(15-12-19)33-8-2)23(26(31)27(29)32)25(30)22-17-20(28(4,5)6)13-10-18(22)3/h10-15,17,24,30H,7-9,16H2,1-6H3/b25-23+. The number of aliphatic hydroxyl groups excluding tert-OH is 1. The molecule has 1 amide bonds. The maximum absolute atomic E-state index is 13.2. The summed E-state index contributed by atoms with van der Waals surface area (Å²) in [6.07, 6.45) is 1.67. The highest BCUT2D eigenvalue weighted by Gasteiger charge is 2.45. The fourth-order valence-corrected chi connectivity index (χ4v) is 4.19. The van der Waals surface area contributed by atoms with Crippen LogP contribution in [0.15, 0.2) is 48.0 Å². The molecule has 0 aliphatic carbocycles. The number of likely N-dealkylation sites (tertiary alicyclic amines) is 1. The van der Waals surface area contributed by atoms with Crippen LogP contribution in [0.4, 0.5) is 0 Å². The van der Waals surface area contributed by atoms with Crippen molar-refractivity contribution in [1.29, 1.82) is 0 Å². The predicted molar refractivity (Wildman–Crippen MR) is 131 cm³/mol. The number of aryl methyl sites for hydroxylation is 1. The van der Waals surface area contributed by atoms with Crippen molar-refractivity contribution in [3.8, 4) is 5.75 Å². The van der Waals surface area contributed by atoms with Crippen LogP contribution >= 0.6 is 0 Å². The van der Waals surface area contributed by atoms with E-state index in [1.807, 2.05) is 63.2 Å². The first kappa shape index (κ1) is 24.6. The van der Waals surface area contributed by atoms with E-state index in [4.69, 9.17) is 4.74 Å². The van der Waals surface area contributed by atoms with Crippen molar-refractivity contribution in [3.63, 3.8) is 0 Å². The summed E-state index contributed by atoms with van der Waals surface area (Å²) in [4.78, 5) is 27.8. The summed E-state index contributed by atoms with van der Waals surface area (Å²) < 4.78 is 5.55. The molecule has 33 heavy (non-hydrogen) atoms. The van der Waals surface area contributed by atoms with E-state index in [-0.39, 0.29) is 16.7 Å². The van der Waals surface area contributed by atoms with Gasteiger partial charge in [-0.3, -0.25) is 9.59 Å². The van der Waals surface area contributed by atoms with Crippen molar-refractivity contribution in [2.75, 3.05) is 13.2 Å². The summed E-state index contributed by atoms with van der Waals surface area (Å²) in [5.41, 5.74) is 3.30. The number of Topliss-reactive ketones (excluding diaryl/α,β-unsaturated/α-hetero) is 1. The highest BCUT2D eigenvalue weighted by atomic mass is 16.5. The third-order valence-electron chi connectivity index (χ3n) is 6.16. The van der Waals surface area contributed by atoms with Crippen molar-refractivity contribution >= 4 is 17.4 Å². The van der Waals surface area contributed by atoms with E-state index in [2.05, 4.69) is 20.8 Å². The number of benzene rings is 2. The molecule has 1 saturated heterocycles. The number of amides is 1. The molecule has 176 valence electrons. The first-order chi connectivity index (χ1) is 15.6. The smallest absolute Gasteiger partial charge is 0.295 e. The van der Waals surface area contributed by atoms with Crippen LogP contribution in [0.2, 0.25) is 0 Å². The Bertz CT molecular complexity index is 1060. The van der Waals surface area contributed by atoms with Crippen LogP contribution < -0.4 is 4.74 Å². The molecule has 1 atom stereocenters. The van der Waals surface area contributed by atoms with Crippen molar-refractivity contribution in [3.05, 3.63) is 70.3 Å². The lowest BCUT2D eigenvalue weighted by molar-refractivity contribution is -0.139. The van der Waals surface area contributed by atoms with Gasteiger partial charge in [0.05, 0.1) is 18.2 Å². The van der Waals surface area contributed by atoms with Crippen LogP contribution in [-0.2, 0) is 15.0 Å². The third-order valence-corrected chi connectivity index (χ3v) is 6.16. The van der Waals surface area contributed by atoms with E-state index in [0.29, 0.717) is 18.7 Å². The van der Waals surface area contributed by atoms with Gasteiger partial charge in [-0.25, -0.2) is 0 Å². The van der Waals surface area contributed by atoms with Gasteiger partial charge in [-0.2, -0.15) is 0 Å². The number of ether oxygens (including phenoxy) is 1. The summed E-state index contributed by atoms with van der Waals surface area (Å²) >= 11 is 0. The second kappa shape index (κ2) is 9.82. The van der Waals surface area contributed by atoms with Gasteiger partial charge in [-0.1, -0.05) is 58.4 Å². The zero-order valence-electron chi connectivity index (χ0n) is 20.6. The number of carbonyl (C=O) groups excluding carboxylic acids is 2. The number of nitrogens with zero attached hydrogens (tertiary/aromatic N) is 1. The Balaban J connectivity index is 2.19. The van der Waals surface area contributed by atoms with E-state index < -0.39 is 17.7 Å². The molecule has 0 bridgehead atoms. The minimum Gasteiger partial charge on any atom is -0.507 e. The lowest BCUT2D eigenvalue weighted by Crippen LogP contribution is -2.30. The fourth-order valence-electron chi connectivity index (χ4n) is 4.19. The Morgan fingerprint density at radius 3 is 2.30 bits per heavy atom. The van der Waals surface area contributed by atoms with Crippen LogP contribution in [0, 0.1) is 6.92 Å². The Hall–Kier alpha value is -3.08. The molecular weight excluding hydrogens is 414 g/mol. The van der Waals surface area contributed by atoms with E-state index >= 15 is 0 Å². The first-order valence-corrected chi connectivity index (χ1v) is 11.7. The van der Waals surface area contributed by atoms with Gasteiger partial charge < -0.3 is 14.7 Å². The summed E-state index contributed by atoms with van der Waals surface area (Å²) in [5.74, 6) is -0.591. The molecule has 2 aromatic rings. The largest absolute Gasteiger partial charge is 0.507 e. The lowest BCUT2D eigenvalue weighted by atomic mass is 9.84. The number of unbranched alkanes of at least 4 members (excludes halogenated alkanes) is 1. The molecule has 1 unspecified atom stereocenters. The number of aliphatic hydroxyl groups is 1. The molecule has 1 N–H and O–H groups in total. The molecule has 0 saturated carbocycles. The first-order valence-electron chi connectivity index (χ1n) is 11.7. The molecule has 3 rings (SSSR count). The van der Waals surface area contributed by atoms with Crippen molar-refractivity contribution in [2.45, 2.75) is 65.8 Å². The zero-order valence-corrected chi connectivity index (χ0v) is 20.6. The maximum Gasteiger partial charge on any atom is 0.295 e. The summed E-state index contributed by atoms with van der Waals surface area (Å²) in [5, 5.41) is 11.4. The summed E-state index contributed by atoms with van der Waals surface area (Å²) in [6.45, 7) is 13.2. The molecule has 0 radical (unpaired) electrons. The van der Waals surface area contributed by atoms with E-state index in [1.165, 1.54) is 0 Å². The fraction of sp³-hybridized carbons (Fsp3) is 0.429. The number of hydrogen-bond donors (Lipinski definition) is 1. The predicted octanol–water partition coefficient (Wildman–Crippen LogP) is 5.91. The molecule has 2 aromatic carbocycles. The van der Waals surface area contributed by atoms with Gasteiger partial charge >= 0.3 is 0 Å². The van der Waals surface area contributed by atoms with Gasteiger partial charge in [0.1, 0.15) is 11.5 Å². The Labute approximate surface area is 197 Å². The van der Waals surface area contributed by atoms with Gasteiger partial charge in [0.25, 0.3) is 11.7 Å². The van der Waals surface area contributed by atoms with Gasteiger partial charge in [0.15, 0.2) is 0 Å². The Kier molecular flexibility index (Phi) is 7.31. The lowest BCUT2D eigenvalue weighted by Gasteiger charge is -2.26. The highest BCUT2D eigenvalue weighted by Crippen LogP contribution is 2.41. The minimum absolute atomic E-state index is 0.116. The molecule has 1 aliphatic rings. The minimum atomic E-state index is -0.636. The number of ketones is 1. The average molecular weight is 450 g/mol. The highest BCUT2D eigenvalue weighted by molar-refractivity contribution is 6.46.